The zero-order valence-corrected chi connectivity index (χ0v) is 15.5. The second-order valence-electron chi connectivity index (χ2n) is 5.34. The smallest absolute Gasteiger partial charge is 0.0408 e. The van der Waals surface area contributed by atoms with Gasteiger partial charge in [-0.15, -0.1) is 0 Å². The Balaban J connectivity index is 2.10. The van der Waals surface area contributed by atoms with Crippen LogP contribution in [0.15, 0.2) is 78.9 Å². The molecule has 0 heterocycles. The Hall–Kier alpha value is -1.11. The van der Waals surface area contributed by atoms with Gasteiger partial charge < -0.3 is 0 Å². The van der Waals surface area contributed by atoms with Crippen LogP contribution in [0, 0.1) is 0 Å². The van der Waals surface area contributed by atoms with Gasteiger partial charge in [0.25, 0.3) is 0 Å². The van der Waals surface area contributed by atoms with Gasteiger partial charge in [-0.05, 0) is 40.4 Å². The molecule has 116 valence electrons. The molecule has 3 rings (SSSR count). The first kappa shape index (κ1) is 16.7. The van der Waals surface area contributed by atoms with E-state index in [-0.39, 0.29) is 0 Å². The van der Waals surface area contributed by atoms with Gasteiger partial charge in [-0.3, -0.25) is 0 Å². The molecule has 0 spiro atoms. The Labute approximate surface area is 152 Å². The van der Waals surface area contributed by atoms with E-state index in [2.05, 4.69) is 30.3 Å². The van der Waals surface area contributed by atoms with Crippen molar-refractivity contribution in [3.63, 3.8) is 0 Å². The highest BCUT2D eigenvalue weighted by molar-refractivity contribution is 8.21. The highest BCUT2D eigenvalue weighted by atomic mass is 35.5. The van der Waals surface area contributed by atoms with Crippen LogP contribution in [0.3, 0.4) is 0 Å². The summed E-state index contributed by atoms with van der Waals surface area (Å²) < 4.78 is 0. The molecule has 0 amide bonds. The lowest BCUT2D eigenvalue weighted by molar-refractivity contribution is 1.40. The van der Waals surface area contributed by atoms with Gasteiger partial charge in [0.1, 0.15) is 0 Å². The molecule has 0 aliphatic rings. The van der Waals surface area contributed by atoms with Gasteiger partial charge in [0.15, 0.2) is 0 Å². The van der Waals surface area contributed by atoms with Gasteiger partial charge in [0.05, 0.1) is 0 Å². The van der Waals surface area contributed by atoms with Crippen molar-refractivity contribution in [1.29, 1.82) is 0 Å². The van der Waals surface area contributed by atoms with Crippen LogP contribution in [-0.2, 0) is 18.0 Å². The number of rotatable bonds is 4. The summed E-state index contributed by atoms with van der Waals surface area (Å²) in [7, 11) is 0. The second kappa shape index (κ2) is 7.20. The lowest BCUT2D eigenvalue weighted by atomic mass is 10.2. The fraction of sp³-hybridized carbons (Fsp3) is 0.0526. The van der Waals surface area contributed by atoms with Crippen LogP contribution in [0.5, 0.6) is 0 Å². The molecule has 0 N–H and O–H groups in total. The molecule has 0 nitrogen and oxygen atoms in total. The topological polar surface area (TPSA) is 0 Å². The van der Waals surface area contributed by atoms with Gasteiger partial charge in [-0.25, -0.2) is 0 Å². The summed E-state index contributed by atoms with van der Waals surface area (Å²) in [5.74, 6) is 0. The minimum Gasteiger partial charge on any atom is -0.0873 e. The fourth-order valence-corrected chi connectivity index (χ4v) is 6.75. The number of benzene rings is 3. The summed E-state index contributed by atoms with van der Waals surface area (Å²) in [5.41, 5.74) is 1.17. The third-order valence-corrected chi connectivity index (χ3v) is 8.93. The van der Waals surface area contributed by atoms with Crippen molar-refractivity contribution < 1.29 is 0 Å². The van der Waals surface area contributed by atoms with Crippen molar-refractivity contribution in [3.05, 3.63) is 94.5 Å². The van der Waals surface area contributed by atoms with Gasteiger partial charge in [-0.2, -0.15) is 0 Å². The van der Waals surface area contributed by atoms with E-state index in [1.165, 1.54) is 16.2 Å². The number of halogens is 2. The summed E-state index contributed by atoms with van der Waals surface area (Å²) in [4.78, 5) is 0. The average Bonchev–Trinajstić information content (AvgIpc) is 2.56. The molecule has 0 saturated heterocycles. The molecule has 0 aliphatic carbocycles. The third kappa shape index (κ3) is 3.87. The van der Waals surface area contributed by atoms with E-state index in [1.807, 2.05) is 48.5 Å². The molecule has 4 heteroatoms. The van der Waals surface area contributed by atoms with E-state index in [4.69, 9.17) is 35.0 Å². The van der Waals surface area contributed by atoms with E-state index in [1.54, 1.807) is 0 Å². The molecule has 1 atom stereocenters. The van der Waals surface area contributed by atoms with Crippen molar-refractivity contribution in [2.45, 2.75) is 6.16 Å². The second-order valence-corrected chi connectivity index (χ2v) is 10.9. The zero-order valence-electron chi connectivity index (χ0n) is 12.3. The molecule has 1 unspecified atom stereocenters. The Morgan fingerprint density at radius 1 is 0.696 bits per heavy atom. The Bertz CT molecular complexity index is 845. The molecule has 0 aliphatic heterocycles. The minimum absolute atomic E-state index is 0.728. The largest absolute Gasteiger partial charge is 0.0873 e. The van der Waals surface area contributed by atoms with Gasteiger partial charge >= 0.3 is 0 Å². The summed E-state index contributed by atoms with van der Waals surface area (Å²) in [6.07, 6.45) is 0.800. The zero-order chi connectivity index (χ0) is 16.3. The molecule has 0 aromatic heterocycles. The standard InChI is InChI=1S/C19H15Cl2PS/c20-16-9-11-19(12-10-16)22(23,18-7-2-1-3-8-18)14-15-5-4-6-17(21)13-15/h1-13H,14H2. The van der Waals surface area contributed by atoms with E-state index in [0.29, 0.717) is 0 Å². The van der Waals surface area contributed by atoms with E-state index in [0.717, 1.165) is 16.2 Å². The number of hydrogen-bond donors (Lipinski definition) is 0. The van der Waals surface area contributed by atoms with Gasteiger partial charge in [0, 0.05) is 22.2 Å². The van der Waals surface area contributed by atoms with Crippen molar-refractivity contribution in [2.24, 2.45) is 0 Å². The molecule has 0 bridgehead atoms. The van der Waals surface area contributed by atoms with Crippen LogP contribution in [0.1, 0.15) is 5.56 Å². The Morgan fingerprint density at radius 2 is 1.35 bits per heavy atom. The lowest BCUT2D eigenvalue weighted by Gasteiger charge is -2.24. The molecule has 3 aromatic rings. The normalized spacial score (nSPS) is 13.5. The molecule has 0 radical (unpaired) electrons. The molecule has 23 heavy (non-hydrogen) atoms. The summed E-state index contributed by atoms with van der Waals surface area (Å²) in [6.45, 7) is 0. The van der Waals surface area contributed by atoms with Gasteiger partial charge in [0.2, 0.25) is 0 Å². The Morgan fingerprint density at radius 3 is 2.00 bits per heavy atom. The molecular weight excluding hydrogens is 362 g/mol. The molecular formula is C19H15Cl2PS. The quantitative estimate of drug-likeness (QED) is 0.532. The summed E-state index contributed by atoms with van der Waals surface area (Å²) >= 11 is 18.4. The van der Waals surface area contributed by atoms with Crippen LogP contribution in [0.2, 0.25) is 10.0 Å². The molecule has 3 aromatic carbocycles. The maximum atomic E-state index is 6.23. The predicted molar refractivity (Wildman–Crippen MR) is 107 cm³/mol. The van der Waals surface area contributed by atoms with Crippen LogP contribution >= 0.6 is 29.2 Å². The number of hydrogen-bond acceptors (Lipinski definition) is 1. The summed E-state index contributed by atoms with van der Waals surface area (Å²) in [5, 5.41) is 3.85. The summed E-state index contributed by atoms with van der Waals surface area (Å²) in [6, 6.07) is 24.3. The maximum Gasteiger partial charge on any atom is 0.0408 e. The third-order valence-electron chi connectivity index (χ3n) is 3.71. The van der Waals surface area contributed by atoms with Crippen LogP contribution in [0.25, 0.3) is 0 Å². The highest BCUT2D eigenvalue weighted by Gasteiger charge is 2.22. The first-order valence-corrected chi connectivity index (χ1v) is 11.0. The lowest BCUT2D eigenvalue weighted by Crippen LogP contribution is -2.17. The molecule has 0 saturated carbocycles. The minimum atomic E-state index is -1.97. The maximum absolute atomic E-state index is 6.23. The Kier molecular flexibility index (Phi) is 5.24. The van der Waals surface area contributed by atoms with E-state index < -0.39 is 6.04 Å². The fourth-order valence-electron chi connectivity index (χ4n) is 2.57. The van der Waals surface area contributed by atoms with Crippen LogP contribution < -0.4 is 10.6 Å². The van der Waals surface area contributed by atoms with Crippen molar-refractivity contribution in [3.8, 4) is 0 Å². The van der Waals surface area contributed by atoms with Gasteiger partial charge in [-0.1, -0.05) is 89.6 Å². The van der Waals surface area contributed by atoms with E-state index >= 15 is 0 Å². The monoisotopic (exact) mass is 376 g/mol. The van der Waals surface area contributed by atoms with Crippen LogP contribution in [-0.4, -0.2) is 0 Å². The first-order chi connectivity index (χ1) is 11.1. The van der Waals surface area contributed by atoms with Crippen LogP contribution in [0.4, 0.5) is 0 Å². The molecule has 0 fully saturated rings. The SMILES string of the molecule is S=P(Cc1cccc(Cl)c1)(c1ccccc1)c1ccc(Cl)cc1. The predicted octanol–water partition coefficient (Wildman–Crippen LogP) is 5.62. The average molecular weight is 377 g/mol. The van der Waals surface area contributed by atoms with Crippen molar-refractivity contribution in [1.82, 2.24) is 0 Å². The first-order valence-electron chi connectivity index (χ1n) is 7.23. The van der Waals surface area contributed by atoms with E-state index in [9.17, 15) is 0 Å². The van der Waals surface area contributed by atoms with Crippen molar-refractivity contribution in [2.75, 3.05) is 0 Å². The highest BCUT2D eigenvalue weighted by Crippen LogP contribution is 2.47. The van der Waals surface area contributed by atoms with Crippen molar-refractivity contribution >= 4 is 51.7 Å².